The van der Waals surface area contributed by atoms with Gasteiger partial charge >= 0.3 is 6.09 Å². The van der Waals surface area contributed by atoms with Gasteiger partial charge < -0.3 is 14.2 Å². The Hall–Kier alpha value is -2.80. The maximum atomic E-state index is 13.0. The molecule has 0 spiro atoms. The van der Waals surface area contributed by atoms with Crippen LogP contribution in [-0.4, -0.2) is 54.0 Å². The van der Waals surface area contributed by atoms with Gasteiger partial charge in [-0.2, -0.15) is 0 Å². The number of amides is 2. The third-order valence-electron chi connectivity index (χ3n) is 5.91. The minimum Gasteiger partial charge on any atom is -0.474 e. The van der Waals surface area contributed by atoms with E-state index in [0.717, 1.165) is 17.6 Å². The summed E-state index contributed by atoms with van der Waals surface area (Å²) in [5.41, 5.74) is 3.49. The fourth-order valence-corrected chi connectivity index (χ4v) is 4.59. The number of benzene rings is 1. The smallest absolute Gasteiger partial charge is 0.411 e. The molecule has 0 radical (unpaired) electrons. The summed E-state index contributed by atoms with van der Waals surface area (Å²) < 4.78 is 16.9. The fourth-order valence-electron chi connectivity index (χ4n) is 4.59. The van der Waals surface area contributed by atoms with Crippen molar-refractivity contribution in [2.75, 3.05) is 20.4 Å². The fraction of sp³-hybridized carbons (Fsp3) is 0.500. The van der Waals surface area contributed by atoms with Crippen molar-refractivity contribution in [1.82, 2.24) is 9.80 Å². The van der Waals surface area contributed by atoms with Crippen LogP contribution in [0.15, 0.2) is 47.7 Å². The van der Waals surface area contributed by atoms with Gasteiger partial charge in [-0.3, -0.25) is 14.6 Å². The van der Waals surface area contributed by atoms with E-state index in [4.69, 9.17) is 14.2 Å². The van der Waals surface area contributed by atoms with Gasteiger partial charge in [0.15, 0.2) is 6.23 Å². The summed E-state index contributed by atoms with van der Waals surface area (Å²) in [6.07, 6.45) is 3.52. The largest absolute Gasteiger partial charge is 0.474 e. The molecule has 0 bridgehead atoms. The van der Waals surface area contributed by atoms with Crippen molar-refractivity contribution in [1.29, 1.82) is 0 Å². The van der Waals surface area contributed by atoms with Crippen LogP contribution in [0.3, 0.4) is 0 Å². The minimum atomic E-state index is -0.569. The molecule has 0 aromatic heterocycles. The van der Waals surface area contributed by atoms with Crippen molar-refractivity contribution in [3.63, 3.8) is 0 Å². The molecule has 31 heavy (non-hydrogen) atoms. The van der Waals surface area contributed by atoms with Crippen molar-refractivity contribution in [2.24, 2.45) is 5.92 Å². The van der Waals surface area contributed by atoms with Crippen LogP contribution in [-0.2, 0) is 25.4 Å². The van der Waals surface area contributed by atoms with Crippen molar-refractivity contribution in [3.05, 3.63) is 58.9 Å². The molecule has 4 rings (SSSR count). The molecule has 1 aliphatic carbocycles. The lowest BCUT2D eigenvalue weighted by atomic mass is 9.98. The molecule has 3 unspecified atom stereocenters. The van der Waals surface area contributed by atoms with Crippen LogP contribution in [0.1, 0.15) is 44.9 Å². The number of methoxy groups -OCH3 is 1. The predicted molar refractivity (Wildman–Crippen MR) is 115 cm³/mol. The van der Waals surface area contributed by atoms with Gasteiger partial charge in [0.25, 0.3) is 5.91 Å². The second-order valence-corrected chi connectivity index (χ2v) is 9.32. The number of hydrogen-bond donors (Lipinski definition) is 0. The number of hydrogen-bond acceptors (Lipinski definition) is 5. The summed E-state index contributed by atoms with van der Waals surface area (Å²) in [6.45, 7) is 7.98. The predicted octanol–water partition coefficient (Wildman–Crippen LogP) is 3.77. The van der Waals surface area contributed by atoms with E-state index in [-0.39, 0.29) is 30.7 Å². The van der Waals surface area contributed by atoms with Crippen molar-refractivity contribution in [2.45, 2.75) is 52.0 Å². The number of fused-ring (bicyclic) bond motifs is 3. The van der Waals surface area contributed by atoms with Crippen molar-refractivity contribution >= 4 is 12.0 Å². The van der Waals surface area contributed by atoms with Gasteiger partial charge in [-0.1, -0.05) is 24.3 Å². The average molecular weight is 427 g/mol. The van der Waals surface area contributed by atoms with Crippen LogP contribution >= 0.6 is 0 Å². The lowest BCUT2D eigenvalue weighted by Gasteiger charge is -2.28. The summed E-state index contributed by atoms with van der Waals surface area (Å²) >= 11 is 0. The van der Waals surface area contributed by atoms with Crippen LogP contribution in [0.2, 0.25) is 0 Å². The monoisotopic (exact) mass is 426 g/mol. The highest BCUT2D eigenvalue weighted by Crippen LogP contribution is 2.49. The Bertz CT molecular complexity index is 946. The molecular formula is C24H30N2O5. The summed E-state index contributed by atoms with van der Waals surface area (Å²) in [5.74, 6) is 0.0289. The molecule has 1 saturated heterocycles. The molecule has 1 aromatic rings. The lowest BCUT2D eigenvalue weighted by molar-refractivity contribution is -0.139. The Balaban J connectivity index is 1.59. The summed E-state index contributed by atoms with van der Waals surface area (Å²) in [5, 5.41) is 0. The van der Waals surface area contributed by atoms with Gasteiger partial charge in [0.2, 0.25) is 0 Å². The minimum absolute atomic E-state index is 0.0709. The molecule has 1 aromatic carbocycles. The van der Waals surface area contributed by atoms with Crippen LogP contribution in [0, 0.1) is 5.92 Å². The molecule has 3 atom stereocenters. The van der Waals surface area contributed by atoms with Crippen molar-refractivity contribution < 1.29 is 23.8 Å². The van der Waals surface area contributed by atoms with E-state index in [9.17, 15) is 9.59 Å². The molecule has 7 heteroatoms. The molecule has 7 nitrogen and oxygen atoms in total. The van der Waals surface area contributed by atoms with E-state index in [1.54, 1.807) is 31.3 Å². The van der Waals surface area contributed by atoms with E-state index in [2.05, 4.69) is 12.1 Å². The number of rotatable bonds is 4. The van der Waals surface area contributed by atoms with Gasteiger partial charge in [-0.25, -0.2) is 4.79 Å². The molecule has 2 heterocycles. The molecule has 166 valence electrons. The molecular weight excluding hydrogens is 396 g/mol. The maximum Gasteiger partial charge on any atom is 0.411 e. The standard InChI is InChI=1S/C24H30N2O5/c1-15-10-20(26(14-29-5)22(15)27)30-13-17-12-25(23(28)31-24(2,3)4)21-18-9-7-6-8-16(18)11-19(17)21/h6-10,13,19-21H,11-12,14H2,1-5H3/b17-13-. The van der Waals surface area contributed by atoms with Crippen LogP contribution < -0.4 is 0 Å². The molecule has 3 aliphatic rings. The van der Waals surface area contributed by atoms with E-state index in [0.29, 0.717) is 12.1 Å². The van der Waals surface area contributed by atoms with Crippen LogP contribution in [0.4, 0.5) is 4.79 Å². The first kappa shape index (κ1) is 21.4. The highest BCUT2D eigenvalue weighted by molar-refractivity contribution is 5.95. The second kappa shape index (κ2) is 8.04. The van der Waals surface area contributed by atoms with Crippen LogP contribution in [0.5, 0.6) is 0 Å². The average Bonchev–Trinajstić information content (AvgIpc) is 3.32. The number of ether oxygens (including phenoxy) is 3. The van der Waals surface area contributed by atoms with E-state index in [1.807, 2.05) is 32.9 Å². The molecule has 0 saturated carbocycles. The van der Waals surface area contributed by atoms with Gasteiger partial charge in [0, 0.05) is 25.1 Å². The van der Waals surface area contributed by atoms with E-state index in [1.165, 1.54) is 10.5 Å². The molecule has 2 amide bonds. The maximum absolute atomic E-state index is 13.0. The zero-order chi connectivity index (χ0) is 22.3. The Morgan fingerprint density at radius 1 is 1.26 bits per heavy atom. The zero-order valence-electron chi connectivity index (χ0n) is 18.8. The Labute approximate surface area is 183 Å². The number of carbonyl (C=O) groups is 2. The van der Waals surface area contributed by atoms with E-state index >= 15 is 0 Å². The summed E-state index contributed by atoms with van der Waals surface area (Å²) in [4.78, 5) is 28.6. The summed E-state index contributed by atoms with van der Waals surface area (Å²) in [6, 6.07) is 8.16. The van der Waals surface area contributed by atoms with Gasteiger partial charge in [-0.15, -0.1) is 0 Å². The quantitative estimate of drug-likeness (QED) is 0.686. The third-order valence-corrected chi connectivity index (χ3v) is 5.91. The van der Waals surface area contributed by atoms with Crippen molar-refractivity contribution in [3.8, 4) is 0 Å². The molecule has 2 aliphatic heterocycles. The highest BCUT2D eigenvalue weighted by atomic mass is 16.6. The first-order valence-electron chi connectivity index (χ1n) is 10.6. The lowest BCUT2D eigenvalue weighted by Crippen LogP contribution is -2.37. The Morgan fingerprint density at radius 3 is 2.71 bits per heavy atom. The summed E-state index contributed by atoms with van der Waals surface area (Å²) in [7, 11) is 1.55. The number of carbonyl (C=O) groups excluding carboxylic acids is 2. The number of likely N-dealkylation sites (tertiary alicyclic amines) is 1. The molecule has 1 fully saturated rings. The van der Waals surface area contributed by atoms with E-state index < -0.39 is 11.8 Å². The number of nitrogens with zero attached hydrogens (tertiary/aromatic N) is 2. The third kappa shape index (κ3) is 4.06. The van der Waals surface area contributed by atoms with Crippen LogP contribution in [0.25, 0.3) is 0 Å². The first-order valence-corrected chi connectivity index (χ1v) is 10.6. The SMILES string of the molecule is COCN1C(=O)C(C)=CC1O/C=C1/CN(C(=O)OC(C)(C)C)C2c3ccccc3CC12. The Kier molecular flexibility index (Phi) is 5.56. The highest BCUT2D eigenvalue weighted by Gasteiger charge is 2.47. The van der Waals surface area contributed by atoms with Gasteiger partial charge in [0.05, 0.1) is 12.3 Å². The van der Waals surface area contributed by atoms with Gasteiger partial charge in [-0.05, 0) is 56.9 Å². The Morgan fingerprint density at radius 2 is 2.00 bits per heavy atom. The zero-order valence-corrected chi connectivity index (χ0v) is 18.8. The van der Waals surface area contributed by atoms with Gasteiger partial charge in [0.1, 0.15) is 12.3 Å². The topological polar surface area (TPSA) is 68.3 Å². The first-order chi connectivity index (χ1) is 14.7. The normalized spacial score (nSPS) is 26.2. The molecule has 0 N–H and O–H groups in total. The second-order valence-electron chi connectivity index (χ2n) is 9.32.